The molecule has 0 bridgehead atoms. The second-order valence-corrected chi connectivity index (χ2v) is 6.74. The molecular weight excluding hydrogens is 359 g/mol. The molecule has 1 aliphatic rings. The van der Waals surface area contributed by atoms with E-state index in [9.17, 15) is 9.50 Å². The summed E-state index contributed by atoms with van der Waals surface area (Å²) in [4.78, 5) is 2.31. The lowest BCUT2D eigenvalue weighted by atomic mass is 10.1. The number of rotatable bonds is 4. The summed E-state index contributed by atoms with van der Waals surface area (Å²) in [5.74, 6) is -1.39. The van der Waals surface area contributed by atoms with E-state index in [2.05, 4.69) is 22.1 Å². The van der Waals surface area contributed by atoms with E-state index in [0.717, 1.165) is 24.7 Å². The number of hydrogen-bond donors (Lipinski definition) is 1. The van der Waals surface area contributed by atoms with Crippen molar-refractivity contribution < 1.29 is 14.2 Å². The number of nitrogens with zero attached hydrogens (tertiary/aromatic N) is 4. The number of nitriles is 1. The van der Waals surface area contributed by atoms with E-state index in [1.807, 2.05) is 24.3 Å². The average molecular weight is 378 g/mol. The number of morpholine rings is 1. The monoisotopic (exact) mass is 378 g/mol. The highest BCUT2D eigenvalue weighted by Crippen LogP contribution is 2.29. The number of ether oxygens (including phenoxy) is 1. The Balaban J connectivity index is 1.53. The number of aromatic nitrogens is 2. The highest BCUT2D eigenvalue weighted by molar-refractivity contribution is 5.51. The van der Waals surface area contributed by atoms with Gasteiger partial charge in [-0.25, -0.2) is 9.07 Å². The highest BCUT2D eigenvalue weighted by atomic mass is 19.1. The second-order valence-electron chi connectivity index (χ2n) is 6.74. The number of phenolic OH excluding ortho intramolecular Hbond substituents is 1. The van der Waals surface area contributed by atoms with Crippen LogP contribution < -0.4 is 0 Å². The van der Waals surface area contributed by atoms with E-state index < -0.39 is 11.6 Å². The molecule has 1 aliphatic heterocycles. The minimum Gasteiger partial charge on any atom is -0.503 e. The molecule has 0 aliphatic carbocycles. The van der Waals surface area contributed by atoms with Gasteiger partial charge in [0, 0.05) is 31.4 Å². The van der Waals surface area contributed by atoms with E-state index in [4.69, 9.17) is 10.00 Å². The van der Waals surface area contributed by atoms with Crippen molar-refractivity contribution in [2.75, 3.05) is 19.7 Å². The predicted molar refractivity (Wildman–Crippen MR) is 100 cm³/mol. The number of hydrogen-bond acceptors (Lipinski definition) is 5. The van der Waals surface area contributed by atoms with Crippen LogP contribution in [0.25, 0.3) is 5.69 Å². The van der Waals surface area contributed by atoms with Crippen LogP contribution in [0.1, 0.15) is 22.8 Å². The molecule has 7 heteroatoms. The Labute approximate surface area is 162 Å². The van der Waals surface area contributed by atoms with E-state index in [1.54, 1.807) is 12.4 Å². The second kappa shape index (κ2) is 7.80. The maximum atomic E-state index is 13.9. The van der Waals surface area contributed by atoms with Crippen LogP contribution in [0.5, 0.6) is 5.75 Å². The molecule has 1 atom stereocenters. The van der Waals surface area contributed by atoms with E-state index in [0.29, 0.717) is 13.2 Å². The maximum absolute atomic E-state index is 13.9. The summed E-state index contributed by atoms with van der Waals surface area (Å²) >= 11 is 0. The van der Waals surface area contributed by atoms with Crippen molar-refractivity contribution in [3.05, 3.63) is 77.4 Å². The summed E-state index contributed by atoms with van der Waals surface area (Å²) in [7, 11) is 0. The lowest BCUT2D eigenvalue weighted by Crippen LogP contribution is -2.37. The Morgan fingerprint density at radius 1 is 1.29 bits per heavy atom. The van der Waals surface area contributed by atoms with Crippen molar-refractivity contribution in [2.24, 2.45) is 0 Å². The first-order valence-electron chi connectivity index (χ1n) is 8.99. The Hall–Kier alpha value is -3.21. The van der Waals surface area contributed by atoms with Gasteiger partial charge in [-0.2, -0.15) is 10.4 Å². The van der Waals surface area contributed by atoms with Crippen molar-refractivity contribution in [3.8, 4) is 17.5 Å². The summed E-state index contributed by atoms with van der Waals surface area (Å²) in [6.07, 6.45) is 3.18. The molecule has 0 amide bonds. The number of benzene rings is 2. The zero-order valence-corrected chi connectivity index (χ0v) is 15.1. The molecule has 2 heterocycles. The van der Waals surface area contributed by atoms with Crippen LogP contribution in [0.2, 0.25) is 0 Å². The number of aromatic hydroxyl groups is 1. The summed E-state index contributed by atoms with van der Waals surface area (Å²) < 4.78 is 21.1. The van der Waals surface area contributed by atoms with Gasteiger partial charge in [-0.1, -0.05) is 30.3 Å². The molecule has 0 spiro atoms. The van der Waals surface area contributed by atoms with Crippen LogP contribution in [-0.2, 0) is 11.3 Å². The first kappa shape index (κ1) is 18.2. The summed E-state index contributed by atoms with van der Waals surface area (Å²) in [5, 5.41) is 23.3. The Morgan fingerprint density at radius 2 is 2.11 bits per heavy atom. The molecule has 1 unspecified atom stereocenters. The molecule has 2 aromatic carbocycles. The molecule has 1 N–H and O–H groups in total. The van der Waals surface area contributed by atoms with Gasteiger partial charge in [-0.05, 0) is 17.7 Å². The van der Waals surface area contributed by atoms with Crippen molar-refractivity contribution in [1.82, 2.24) is 14.7 Å². The average Bonchev–Trinajstić information content (AvgIpc) is 3.21. The molecule has 0 radical (unpaired) electrons. The normalized spacial score (nSPS) is 17.4. The van der Waals surface area contributed by atoms with E-state index >= 15 is 0 Å². The maximum Gasteiger partial charge on any atom is 0.177 e. The Morgan fingerprint density at radius 3 is 2.89 bits per heavy atom. The summed E-state index contributed by atoms with van der Waals surface area (Å²) in [5.41, 5.74) is 2.32. The van der Waals surface area contributed by atoms with Crippen molar-refractivity contribution in [1.29, 1.82) is 5.26 Å². The van der Waals surface area contributed by atoms with Gasteiger partial charge < -0.3 is 9.84 Å². The van der Waals surface area contributed by atoms with Gasteiger partial charge in [0.2, 0.25) is 0 Å². The fraction of sp³-hybridized carbons (Fsp3) is 0.238. The molecule has 0 saturated carbocycles. The summed E-state index contributed by atoms with van der Waals surface area (Å²) in [6.45, 7) is 2.99. The van der Waals surface area contributed by atoms with Gasteiger partial charge >= 0.3 is 0 Å². The van der Waals surface area contributed by atoms with Crippen LogP contribution in [-0.4, -0.2) is 39.5 Å². The highest BCUT2D eigenvalue weighted by Gasteiger charge is 2.24. The quantitative estimate of drug-likeness (QED) is 0.755. The van der Waals surface area contributed by atoms with Gasteiger partial charge in [0.1, 0.15) is 5.69 Å². The fourth-order valence-corrected chi connectivity index (χ4v) is 3.35. The third-order valence-corrected chi connectivity index (χ3v) is 4.79. The van der Waals surface area contributed by atoms with Crippen LogP contribution >= 0.6 is 0 Å². The Bertz CT molecular complexity index is 1010. The SMILES string of the molecule is N#Cc1cc(F)c(O)c(-n2cc(C3CN(Cc4ccccc4)CCO3)cn2)c1. The standard InChI is InChI=1S/C21H19FN4O2/c22-18-8-16(10-23)9-19(21(18)27)26-13-17(11-24-26)20-14-25(6-7-28-20)12-15-4-2-1-3-5-15/h1-5,8-9,11,13,20,27H,6-7,12,14H2. The van der Waals surface area contributed by atoms with Crippen LogP contribution in [0, 0.1) is 17.1 Å². The van der Waals surface area contributed by atoms with Crippen molar-refractivity contribution >= 4 is 0 Å². The molecule has 142 valence electrons. The lowest BCUT2D eigenvalue weighted by Gasteiger charge is -2.32. The van der Waals surface area contributed by atoms with Crippen LogP contribution in [0.4, 0.5) is 4.39 Å². The van der Waals surface area contributed by atoms with Gasteiger partial charge in [-0.15, -0.1) is 0 Å². The van der Waals surface area contributed by atoms with E-state index in [-0.39, 0.29) is 17.4 Å². The third-order valence-electron chi connectivity index (χ3n) is 4.79. The Kier molecular flexibility index (Phi) is 5.06. The molecule has 28 heavy (non-hydrogen) atoms. The number of halogens is 1. The van der Waals surface area contributed by atoms with Gasteiger partial charge in [0.15, 0.2) is 11.6 Å². The van der Waals surface area contributed by atoms with Gasteiger partial charge in [0.25, 0.3) is 0 Å². The van der Waals surface area contributed by atoms with E-state index in [1.165, 1.54) is 16.3 Å². The first-order chi connectivity index (χ1) is 13.6. The molecule has 4 rings (SSSR count). The lowest BCUT2D eigenvalue weighted by molar-refractivity contribution is -0.0329. The molecular formula is C21H19FN4O2. The third kappa shape index (κ3) is 3.74. The molecule has 1 aromatic heterocycles. The van der Waals surface area contributed by atoms with Gasteiger partial charge in [-0.3, -0.25) is 4.90 Å². The molecule has 1 saturated heterocycles. The zero-order chi connectivity index (χ0) is 19.5. The minimum absolute atomic E-state index is 0.116. The topological polar surface area (TPSA) is 74.3 Å². The molecule has 6 nitrogen and oxygen atoms in total. The first-order valence-corrected chi connectivity index (χ1v) is 8.99. The number of phenols is 1. The van der Waals surface area contributed by atoms with Gasteiger partial charge in [0.05, 0.1) is 30.5 Å². The van der Waals surface area contributed by atoms with Crippen LogP contribution in [0.15, 0.2) is 54.9 Å². The van der Waals surface area contributed by atoms with Crippen molar-refractivity contribution in [2.45, 2.75) is 12.6 Å². The van der Waals surface area contributed by atoms with Crippen molar-refractivity contribution in [3.63, 3.8) is 0 Å². The summed E-state index contributed by atoms with van der Waals surface area (Å²) in [6, 6.07) is 14.5. The molecule has 1 fully saturated rings. The van der Waals surface area contributed by atoms with Crippen LogP contribution in [0.3, 0.4) is 0 Å². The minimum atomic E-state index is -0.853. The smallest absolute Gasteiger partial charge is 0.177 e. The predicted octanol–water partition coefficient (Wildman–Crippen LogP) is 3.16. The zero-order valence-electron chi connectivity index (χ0n) is 15.1. The fourth-order valence-electron chi connectivity index (χ4n) is 3.35. The molecule has 3 aromatic rings. The largest absolute Gasteiger partial charge is 0.503 e.